The predicted molar refractivity (Wildman–Crippen MR) is 247 cm³/mol. The molecule has 6 atom stereocenters. The molecule has 1 rings (SSSR count). The molecular weight excluding hydrogens is 773 g/mol. The van der Waals surface area contributed by atoms with Gasteiger partial charge in [0, 0.05) is 12.8 Å². The van der Waals surface area contributed by atoms with Crippen molar-refractivity contribution < 1.29 is 49.0 Å². The molecule has 0 saturated carbocycles. The number of aliphatic hydroxyl groups excluding tert-OH is 4. The molecule has 1 aliphatic rings. The fraction of sp³-hybridized carbons (Fsp3) is 0.882. The van der Waals surface area contributed by atoms with Gasteiger partial charge in [-0.25, -0.2) is 0 Å². The minimum absolute atomic E-state index is 0.219. The van der Waals surface area contributed by atoms with E-state index in [1.54, 1.807) is 0 Å². The van der Waals surface area contributed by atoms with E-state index >= 15 is 0 Å². The van der Waals surface area contributed by atoms with Crippen LogP contribution in [-0.4, -0.2) is 89.0 Å². The average Bonchev–Trinajstić information content (AvgIpc) is 3.26. The molecule has 1 heterocycles. The van der Waals surface area contributed by atoms with E-state index in [1.807, 2.05) is 0 Å². The minimum atomic E-state index is -1.59. The van der Waals surface area contributed by atoms with E-state index in [4.69, 9.17) is 18.9 Å². The van der Waals surface area contributed by atoms with Crippen molar-refractivity contribution in [2.45, 2.75) is 269 Å². The molecule has 1 aliphatic heterocycles. The zero-order valence-corrected chi connectivity index (χ0v) is 39.2. The maximum atomic E-state index is 12.8. The van der Waals surface area contributed by atoms with E-state index < -0.39 is 49.4 Å². The van der Waals surface area contributed by atoms with Crippen LogP contribution in [0.15, 0.2) is 24.3 Å². The van der Waals surface area contributed by atoms with Crippen LogP contribution in [0.1, 0.15) is 232 Å². The second kappa shape index (κ2) is 42.1. The van der Waals surface area contributed by atoms with Crippen molar-refractivity contribution in [2.75, 3.05) is 19.8 Å². The molecule has 0 aromatic carbocycles. The fourth-order valence-corrected chi connectivity index (χ4v) is 7.77. The monoisotopic (exact) mass is 867 g/mol. The summed E-state index contributed by atoms with van der Waals surface area (Å²) in [6.45, 7) is 3.42. The largest absolute Gasteiger partial charge is 0.462 e. The molecule has 0 spiro atoms. The molecule has 358 valence electrons. The van der Waals surface area contributed by atoms with Crippen LogP contribution in [0.5, 0.6) is 0 Å². The number of hydrogen-bond acceptors (Lipinski definition) is 10. The number of esters is 2. The molecule has 0 bridgehead atoms. The van der Waals surface area contributed by atoms with Crippen LogP contribution in [0.2, 0.25) is 0 Å². The lowest BCUT2D eigenvalue weighted by atomic mass is 9.99. The number of carbonyl (C=O) groups is 2. The van der Waals surface area contributed by atoms with E-state index in [-0.39, 0.29) is 32.0 Å². The normalized spacial score (nSPS) is 19.9. The van der Waals surface area contributed by atoms with Gasteiger partial charge in [-0.1, -0.05) is 179 Å². The molecular formula is C51H94O10. The van der Waals surface area contributed by atoms with E-state index in [0.29, 0.717) is 6.42 Å². The summed E-state index contributed by atoms with van der Waals surface area (Å²) in [7, 11) is 0. The van der Waals surface area contributed by atoms with Gasteiger partial charge in [0.2, 0.25) is 0 Å². The van der Waals surface area contributed by atoms with Gasteiger partial charge in [0.25, 0.3) is 0 Å². The van der Waals surface area contributed by atoms with E-state index in [0.717, 1.165) is 57.8 Å². The van der Waals surface area contributed by atoms with E-state index in [1.165, 1.54) is 141 Å². The number of ether oxygens (including phenoxy) is 4. The van der Waals surface area contributed by atoms with Gasteiger partial charge < -0.3 is 39.4 Å². The molecule has 0 aliphatic carbocycles. The molecule has 1 saturated heterocycles. The lowest BCUT2D eigenvalue weighted by Gasteiger charge is -2.39. The summed E-state index contributed by atoms with van der Waals surface area (Å²) in [4.78, 5) is 25.4. The van der Waals surface area contributed by atoms with E-state index in [2.05, 4.69) is 38.2 Å². The van der Waals surface area contributed by atoms with Gasteiger partial charge in [0.15, 0.2) is 12.4 Å². The summed E-state index contributed by atoms with van der Waals surface area (Å²) in [5.41, 5.74) is 0. The van der Waals surface area contributed by atoms with Crippen LogP contribution >= 0.6 is 0 Å². The minimum Gasteiger partial charge on any atom is -0.462 e. The average molecular weight is 867 g/mol. The first-order valence-corrected chi connectivity index (χ1v) is 25.4. The van der Waals surface area contributed by atoms with Crippen molar-refractivity contribution in [1.82, 2.24) is 0 Å². The number of rotatable bonds is 43. The van der Waals surface area contributed by atoms with Gasteiger partial charge in [0.05, 0.1) is 13.2 Å². The van der Waals surface area contributed by atoms with Crippen LogP contribution < -0.4 is 0 Å². The van der Waals surface area contributed by atoms with Crippen LogP contribution in [-0.2, 0) is 28.5 Å². The van der Waals surface area contributed by atoms with Gasteiger partial charge in [-0.2, -0.15) is 0 Å². The van der Waals surface area contributed by atoms with Crippen LogP contribution in [0, 0.1) is 0 Å². The number of unbranched alkanes of at least 4 members (excludes halogenated alkanes) is 28. The Labute approximate surface area is 373 Å². The van der Waals surface area contributed by atoms with Crippen molar-refractivity contribution in [3.8, 4) is 0 Å². The maximum absolute atomic E-state index is 12.8. The lowest BCUT2D eigenvalue weighted by molar-refractivity contribution is -0.305. The molecule has 1 fully saturated rings. The quantitative estimate of drug-likeness (QED) is 0.0265. The first-order chi connectivity index (χ1) is 29.8. The summed E-state index contributed by atoms with van der Waals surface area (Å²) in [6, 6.07) is 0. The maximum Gasteiger partial charge on any atom is 0.306 e. The Morgan fingerprint density at radius 1 is 0.492 bits per heavy atom. The zero-order chi connectivity index (χ0) is 44.4. The molecule has 0 amide bonds. The van der Waals surface area contributed by atoms with Gasteiger partial charge >= 0.3 is 11.9 Å². The number of allylic oxidation sites excluding steroid dienone is 4. The third-order valence-electron chi connectivity index (χ3n) is 11.8. The number of carbonyl (C=O) groups excluding carboxylic acids is 2. The Balaban J connectivity index is 2.24. The highest BCUT2D eigenvalue weighted by atomic mass is 16.7. The smallest absolute Gasteiger partial charge is 0.306 e. The van der Waals surface area contributed by atoms with E-state index in [9.17, 15) is 30.0 Å². The van der Waals surface area contributed by atoms with Crippen molar-refractivity contribution in [3.05, 3.63) is 24.3 Å². The highest BCUT2D eigenvalue weighted by molar-refractivity contribution is 5.70. The van der Waals surface area contributed by atoms with Crippen molar-refractivity contribution in [2.24, 2.45) is 0 Å². The van der Waals surface area contributed by atoms with Crippen LogP contribution in [0.4, 0.5) is 0 Å². The highest BCUT2D eigenvalue weighted by Crippen LogP contribution is 2.23. The Bertz CT molecular complexity index is 1050. The second-order valence-electron chi connectivity index (χ2n) is 17.6. The first-order valence-electron chi connectivity index (χ1n) is 25.4. The Morgan fingerprint density at radius 3 is 1.30 bits per heavy atom. The van der Waals surface area contributed by atoms with Crippen molar-refractivity contribution >= 4 is 11.9 Å². The topological polar surface area (TPSA) is 152 Å². The van der Waals surface area contributed by atoms with Crippen molar-refractivity contribution in [1.29, 1.82) is 0 Å². The van der Waals surface area contributed by atoms with Crippen LogP contribution in [0.3, 0.4) is 0 Å². The van der Waals surface area contributed by atoms with Crippen LogP contribution in [0.25, 0.3) is 0 Å². The molecule has 10 heteroatoms. The molecule has 61 heavy (non-hydrogen) atoms. The fourth-order valence-electron chi connectivity index (χ4n) is 7.77. The third kappa shape index (κ3) is 33.4. The Hall–Kier alpha value is -1.82. The first kappa shape index (κ1) is 57.2. The predicted octanol–water partition coefficient (Wildman–Crippen LogP) is 11.7. The number of aliphatic hydroxyl groups is 4. The summed E-state index contributed by atoms with van der Waals surface area (Å²) in [6.07, 6.45) is 40.5. The molecule has 4 N–H and O–H groups in total. The van der Waals surface area contributed by atoms with Gasteiger partial charge in [-0.3, -0.25) is 9.59 Å². The summed E-state index contributed by atoms with van der Waals surface area (Å²) < 4.78 is 22.2. The number of hydrogen-bond donors (Lipinski definition) is 4. The van der Waals surface area contributed by atoms with Crippen molar-refractivity contribution in [3.63, 3.8) is 0 Å². The van der Waals surface area contributed by atoms with Gasteiger partial charge in [-0.15, -0.1) is 0 Å². The lowest BCUT2D eigenvalue weighted by Crippen LogP contribution is -2.59. The summed E-state index contributed by atoms with van der Waals surface area (Å²) in [5.74, 6) is -0.809. The SMILES string of the molecule is CCCCCC/C=C\CCCCCCCC(=O)OCC(COC1OC(CO)C(O)C(O)C1O)OC(=O)CCCCCCCCCCCCC/C=C\CCCCCCCCCC. The molecule has 0 aromatic rings. The zero-order valence-electron chi connectivity index (χ0n) is 39.2. The standard InChI is InChI=1S/C51H94O10/c1-3-5-7-9-11-13-15-17-18-19-20-21-22-23-24-25-26-28-30-32-34-36-38-40-47(54)60-44(43-59-51-50(57)49(56)48(55)45(41-52)61-51)42-58-46(53)39-37-35-33-31-29-27-16-14-12-10-8-6-4-2/h14,16,19-20,44-45,48-52,55-57H,3-13,15,17-18,21-43H2,1-2H3/b16-14-,20-19-. The second-order valence-corrected chi connectivity index (χ2v) is 17.6. The molecule has 6 unspecified atom stereocenters. The Kier molecular flexibility index (Phi) is 39.5. The Morgan fingerprint density at radius 2 is 0.869 bits per heavy atom. The van der Waals surface area contributed by atoms with Gasteiger partial charge in [0.1, 0.15) is 31.0 Å². The molecule has 0 radical (unpaired) electrons. The summed E-state index contributed by atoms with van der Waals surface area (Å²) in [5, 5.41) is 40.1. The molecule has 10 nitrogen and oxygen atoms in total. The highest BCUT2D eigenvalue weighted by Gasteiger charge is 2.44. The van der Waals surface area contributed by atoms with Gasteiger partial charge in [-0.05, 0) is 64.2 Å². The third-order valence-corrected chi connectivity index (χ3v) is 11.8. The molecule has 0 aromatic heterocycles. The summed E-state index contributed by atoms with van der Waals surface area (Å²) >= 11 is 0.